The molecule has 2 N–H and O–H groups in total. The molecule has 0 atom stereocenters. The number of amides is 1. The number of nitrogens with two attached hydrogens (primary N) is 1. The molecule has 0 unspecified atom stereocenters. The van der Waals surface area contributed by atoms with Crippen LogP contribution in [0.3, 0.4) is 0 Å². The van der Waals surface area contributed by atoms with Gasteiger partial charge in [0.25, 0.3) is 5.91 Å². The fourth-order valence-electron chi connectivity index (χ4n) is 1.79. The van der Waals surface area contributed by atoms with Gasteiger partial charge in [0.15, 0.2) is 0 Å². The summed E-state index contributed by atoms with van der Waals surface area (Å²) in [6.07, 6.45) is 3.44. The number of hydrogen-bond donors (Lipinski definition) is 1. The number of rotatable bonds is 6. The number of primary sulfonamides is 1. The Balaban J connectivity index is 3.00. The molecule has 0 aromatic heterocycles. The van der Waals surface area contributed by atoms with E-state index < -0.39 is 10.0 Å². The fourth-order valence-corrected chi connectivity index (χ4v) is 2.33. The van der Waals surface area contributed by atoms with Gasteiger partial charge in [-0.2, -0.15) is 0 Å². The summed E-state index contributed by atoms with van der Waals surface area (Å²) in [5.74, 6) is -0.211. The molecule has 1 rings (SSSR count). The van der Waals surface area contributed by atoms with Crippen LogP contribution in [0, 0.1) is 6.92 Å². The van der Waals surface area contributed by atoms with Gasteiger partial charge in [0, 0.05) is 19.2 Å². The highest BCUT2D eigenvalue weighted by atomic mass is 32.2. The number of allylic oxidation sites excluding steroid dienone is 1. The van der Waals surface area contributed by atoms with Crippen LogP contribution in [0.1, 0.15) is 28.8 Å². The van der Waals surface area contributed by atoms with E-state index in [-0.39, 0.29) is 10.8 Å². The highest BCUT2D eigenvalue weighted by Gasteiger charge is 2.17. The average molecular weight is 296 g/mol. The zero-order valence-corrected chi connectivity index (χ0v) is 12.6. The predicted octanol–water partition coefficient (Wildman–Crippen LogP) is 1.68. The van der Waals surface area contributed by atoms with Crippen molar-refractivity contribution < 1.29 is 13.2 Å². The standard InChI is InChI=1S/C14H20N2O3S/c1-4-5-6-9-16(3)14(17)13-10-12(20(15,18)19)8-7-11(13)2/h4,7-8,10H,1,5-6,9H2,2-3H3,(H2,15,18,19). The van der Waals surface area contributed by atoms with Crippen LogP contribution in [0.4, 0.5) is 0 Å². The molecule has 6 heteroatoms. The lowest BCUT2D eigenvalue weighted by Gasteiger charge is -2.18. The van der Waals surface area contributed by atoms with Gasteiger partial charge in [-0.05, 0) is 37.5 Å². The van der Waals surface area contributed by atoms with Crippen molar-refractivity contribution in [3.8, 4) is 0 Å². The first kappa shape index (κ1) is 16.4. The normalized spacial score (nSPS) is 11.2. The van der Waals surface area contributed by atoms with Gasteiger partial charge >= 0.3 is 0 Å². The third-order valence-corrected chi connectivity index (χ3v) is 3.93. The van der Waals surface area contributed by atoms with Crippen molar-refractivity contribution in [1.29, 1.82) is 0 Å². The molecule has 0 aliphatic rings. The summed E-state index contributed by atoms with van der Waals surface area (Å²) in [5.41, 5.74) is 1.08. The highest BCUT2D eigenvalue weighted by Crippen LogP contribution is 2.16. The molecule has 0 aliphatic heterocycles. The van der Waals surface area contributed by atoms with Gasteiger partial charge in [-0.15, -0.1) is 6.58 Å². The maximum atomic E-state index is 12.3. The molecule has 0 fully saturated rings. The number of unbranched alkanes of at least 4 members (excludes halogenated alkanes) is 1. The molecular weight excluding hydrogens is 276 g/mol. The molecule has 0 heterocycles. The minimum absolute atomic E-state index is 0.0501. The molecule has 1 aromatic rings. The van der Waals surface area contributed by atoms with Crippen LogP contribution in [0.15, 0.2) is 35.7 Å². The topological polar surface area (TPSA) is 80.5 Å². The number of nitrogens with zero attached hydrogens (tertiary/aromatic N) is 1. The zero-order valence-electron chi connectivity index (χ0n) is 11.8. The van der Waals surface area contributed by atoms with Crippen molar-refractivity contribution in [2.75, 3.05) is 13.6 Å². The van der Waals surface area contributed by atoms with Crippen LogP contribution < -0.4 is 5.14 Å². The molecule has 5 nitrogen and oxygen atoms in total. The molecular formula is C14H20N2O3S. The summed E-state index contributed by atoms with van der Waals surface area (Å²) in [6.45, 7) is 5.98. The lowest BCUT2D eigenvalue weighted by Crippen LogP contribution is -2.28. The van der Waals surface area contributed by atoms with Crippen LogP contribution in [-0.4, -0.2) is 32.8 Å². The predicted molar refractivity (Wildman–Crippen MR) is 78.9 cm³/mol. The Morgan fingerprint density at radius 2 is 2.10 bits per heavy atom. The van der Waals surface area contributed by atoms with Gasteiger partial charge in [0.05, 0.1) is 4.90 Å². The molecule has 1 amide bonds. The smallest absolute Gasteiger partial charge is 0.253 e. The van der Waals surface area contributed by atoms with Gasteiger partial charge in [0.1, 0.15) is 0 Å². The van der Waals surface area contributed by atoms with E-state index in [0.29, 0.717) is 12.1 Å². The summed E-state index contributed by atoms with van der Waals surface area (Å²) in [7, 11) is -2.12. The van der Waals surface area contributed by atoms with E-state index in [9.17, 15) is 13.2 Å². The number of aryl methyl sites for hydroxylation is 1. The largest absolute Gasteiger partial charge is 0.342 e. The zero-order chi connectivity index (χ0) is 15.3. The highest BCUT2D eigenvalue weighted by molar-refractivity contribution is 7.89. The first-order valence-electron chi connectivity index (χ1n) is 6.27. The molecule has 0 bridgehead atoms. The van der Waals surface area contributed by atoms with Crippen LogP contribution in [-0.2, 0) is 10.0 Å². The summed E-state index contributed by atoms with van der Waals surface area (Å²) in [4.78, 5) is 13.8. The summed E-state index contributed by atoms with van der Waals surface area (Å²) < 4.78 is 22.7. The quantitative estimate of drug-likeness (QED) is 0.640. The minimum Gasteiger partial charge on any atom is -0.342 e. The van der Waals surface area contributed by atoms with Crippen molar-refractivity contribution >= 4 is 15.9 Å². The lowest BCUT2D eigenvalue weighted by molar-refractivity contribution is 0.0793. The number of carbonyl (C=O) groups is 1. The third-order valence-electron chi connectivity index (χ3n) is 3.02. The maximum absolute atomic E-state index is 12.3. The van der Waals surface area contributed by atoms with Gasteiger partial charge in [-0.25, -0.2) is 13.6 Å². The van der Waals surface area contributed by atoms with Crippen molar-refractivity contribution in [2.24, 2.45) is 5.14 Å². The van der Waals surface area contributed by atoms with E-state index in [4.69, 9.17) is 5.14 Å². The van der Waals surface area contributed by atoms with E-state index in [1.807, 2.05) is 0 Å². The second-order valence-electron chi connectivity index (χ2n) is 4.68. The summed E-state index contributed by atoms with van der Waals surface area (Å²) in [5, 5.41) is 5.09. The van der Waals surface area contributed by atoms with Crippen LogP contribution in [0.25, 0.3) is 0 Å². The van der Waals surface area contributed by atoms with Crippen molar-refractivity contribution in [1.82, 2.24) is 4.90 Å². The first-order chi connectivity index (χ1) is 9.27. The number of carbonyl (C=O) groups excluding carboxylic acids is 1. The average Bonchev–Trinajstić information content (AvgIpc) is 2.37. The summed E-state index contributed by atoms with van der Waals surface area (Å²) in [6, 6.07) is 4.32. The van der Waals surface area contributed by atoms with E-state index in [1.54, 1.807) is 31.0 Å². The third kappa shape index (κ3) is 4.18. The van der Waals surface area contributed by atoms with E-state index in [0.717, 1.165) is 18.4 Å². The Kier molecular flexibility index (Phi) is 5.47. The van der Waals surface area contributed by atoms with Gasteiger partial charge in [-0.3, -0.25) is 4.79 Å². The fraction of sp³-hybridized carbons (Fsp3) is 0.357. The van der Waals surface area contributed by atoms with Crippen LogP contribution >= 0.6 is 0 Å². The second kappa shape index (κ2) is 6.67. The molecule has 0 spiro atoms. The van der Waals surface area contributed by atoms with Gasteiger partial charge in [-0.1, -0.05) is 12.1 Å². The number of benzene rings is 1. The molecule has 0 aliphatic carbocycles. The van der Waals surface area contributed by atoms with Crippen molar-refractivity contribution in [2.45, 2.75) is 24.7 Å². The van der Waals surface area contributed by atoms with Crippen LogP contribution in [0.5, 0.6) is 0 Å². The van der Waals surface area contributed by atoms with E-state index >= 15 is 0 Å². The monoisotopic (exact) mass is 296 g/mol. The summed E-state index contributed by atoms with van der Waals surface area (Å²) >= 11 is 0. The number of hydrogen-bond acceptors (Lipinski definition) is 3. The van der Waals surface area contributed by atoms with Crippen molar-refractivity contribution in [3.63, 3.8) is 0 Å². The number of sulfonamides is 1. The molecule has 0 saturated heterocycles. The van der Waals surface area contributed by atoms with E-state index in [1.165, 1.54) is 12.1 Å². The van der Waals surface area contributed by atoms with Gasteiger partial charge in [0.2, 0.25) is 10.0 Å². The molecule has 0 radical (unpaired) electrons. The Morgan fingerprint density at radius 1 is 1.45 bits per heavy atom. The first-order valence-corrected chi connectivity index (χ1v) is 7.82. The Hall–Kier alpha value is -1.66. The molecule has 110 valence electrons. The Morgan fingerprint density at radius 3 is 2.65 bits per heavy atom. The SMILES string of the molecule is C=CCCCN(C)C(=O)c1cc(S(N)(=O)=O)ccc1C. The van der Waals surface area contributed by atoms with Crippen LogP contribution in [0.2, 0.25) is 0 Å². The van der Waals surface area contributed by atoms with Gasteiger partial charge < -0.3 is 4.90 Å². The second-order valence-corrected chi connectivity index (χ2v) is 6.24. The minimum atomic E-state index is -3.81. The Labute approximate surface area is 120 Å². The molecule has 20 heavy (non-hydrogen) atoms. The molecule has 1 aromatic carbocycles. The van der Waals surface area contributed by atoms with Crippen molar-refractivity contribution in [3.05, 3.63) is 42.0 Å². The maximum Gasteiger partial charge on any atom is 0.253 e. The molecule has 0 saturated carbocycles. The van der Waals surface area contributed by atoms with E-state index in [2.05, 4.69) is 6.58 Å². The Bertz CT molecular complexity index is 609. The lowest BCUT2D eigenvalue weighted by atomic mass is 10.1.